The van der Waals surface area contributed by atoms with Crippen molar-refractivity contribution in [3.63, 3.8) is 0 Å². The fourth-order valence-corrected chi connectivity index (χ4v) is 2.69. The summed E-state index contributed by atoms with van der Waals surface area (Å²) in [6.45, 7) is 6.30. The van der Waals surface area contributed by atoms with Crippen LogP contribution in [0.15, 0.2) is 12.2 Å². The number of hydrogen-bond donors (Lipinski definition) is 1. The Bertz CT molecular complexity index is 428. The summed E-state index contributed by atoms with van der Waals surface area (Å²) in [4.78, 5) is 26.5. The molecule has 0 radical (unpaired) electrons. The highest BCUT2D eigenvalue weighted by Gasteiger charge is 2.49. The third kappa shape index (κ3) is 4.47. The van der Waals surface area contributed by atoms with E-state index in [0.29, 0.717) is 25.9 Å². The van der Waals surface area contributed by atoms with E-state index in [4.69, 9.17) is 15.2 Å². The third-order valence-electron chi connectivity index (χ3n) is 3.68. The van der Waals surface area contributed by atoms with Crippen molar-refractivity contribution in [2.75, 3.05) is 20.2 Å². The summed E-state index contributed by atoms with van der Waals surface area (Å²) in [6.07, 6.45) is 5.80. The molecule has 0 spiro atoms. The highest BCUT2D eigenvalue weighted by molar-refractivity contribution is 5.86. The molecular weight excluding hydrogens is 284 g/mol. The fourth-order valence-electron chi connectivity index (χ4n) is 2.69. The van der Waals surface area contributed by atoms with Crippen molar-refractivity contribution in [2.45, 2.75) is 57.6 Å². The Morgan fingerprint density at radius 2 is 1.95 bits per heavy atom. The summed E-state index contributed by atoms with van der Waals surface area (Å²) in [5.74, 6) is -0.403. The maximum Gasteiger partial charge on any atom is 0.411 e. The second-order valence-corrected chi connectivity index (χ2v) is 6.52. The zero-order chi connectivity index (χ0) is 16.8. The fraction of sp³-hybridized carbons (Fsp3) is 0.750. The minimum Gasteiger partial charge on any atom is -0.467 e. The number of methoxy groups -OCH3 is 1. The Balaban J connectivity index is 3.09. The number of rotatable bonds is 4. The Hall–Kier alpha value is -1.56. The molecule has 0 aliphatic carbocycles. The molecule has 6 heteroatoms. The number of piperidine rings is 1. The molecule has 0 saturated carbocycles. The summed E-state index contributed by atoms with van der Waals surface area (Å²) in [7, 11) is 1.35. The Morgan fingerprint density at radius 3 is 2.50 bits per heavy atom. The van der Waals surface area contributed by atoms with E-state index in [2.05, 4.69) is 0 Å². The maximum absolute atomic E-state index is 12.5. The van der Waals surface area contributed by atoms with Gasteiger partial charge < -0.3 is 15.2 Å². The molecule has 0 aromatic rings. The van der Waals surface area contributed by atoms with Crippen LogP contribution in [0.1, 0.15) is 46.5 Å². The smallest absolute Gasteiger partial charge is 0.411 e. The SMILES string of the molecule is COC(=O)C1(C/C=C\CN)CCCCN1C(=O)OC(C)(C)C. The molecule has 1 atom stereocenters. The van der Waals surface area contributed by atoms with Gasteiger partial charge in [-0.2, -0.15) is 0 Å². The summed E-state index contributed by atoms with van der Waals surface area (Å²) in [5.41, 5.74) is 3.86. The lowest BCUT2D eigenvalue weighted by molar-refractivity contribution is -0.157. The number of hydrogen-bond acceptors (Lipinski definition) is 5. The monoisotopic (exact) mass is 312 g/mol. The van der Waals surface area contributed by atoms with Crippen LogP contribution < -0.4 is 5.73 Å². The van der Waals surface area contributed by atoms with Crippen molar-refractivity contribution in [3.8, 4) is 0 Å². The van der Waals surface area contributed by atoms with Crippen LogP contribution >= 0.6 is 0 Å². The highest BCUT2D eigenvalue weighted by Crippen LogP contribution is 2.34. The molecule has 0 bridgehead atoms. The van der Waals surface area contributed by atoms with E-state index < -0.39 is 23.2 Å². The maximum atomic E-state index is 12.5. The van der Waals surface area contributed by atoms with Gasteiger partial charge in [0.15, 0.2) is 0 Å². The zero-order valence-corrected chi connectivity index (χ0v) is 14.1. The molecule has 1 aliphatic heterocycles. The van der Waals surface area contributed by atoms with E-state index in [9.17, 15) is 9.59 Å². The average molecular weight is 312 g/mol. The summed E-state index contributed by atoms with van der Waals surface area (Å²) < 4.78 is 10.4. The number of likely N-dealkylation sites (tertiary alicyclic amines) is 1. The molecule has 1 unspecified atom stereocenters. The first-order chi connectivity index (χ1) is 10.3. The van der Waals surface area contributed by atoms with Crippen LogP contribution in [0, 0.1) is 0 Å². The van der Waals surface area contributed by atoms with Crippen LogP contribution in [-0.2, 0) is 14.3 Å². The van der Waals surface area contributed by atoms with Crippen molar-refractivity contribution in [1.82, 2.24) is 4.90 Å². The van der Waals surface area contributed by atoms with Crippen molar-refractivity contribution < 1.29 is 19.1 Å². The van der Waals surface area contributed by atoms with E-state index in [1.54, 1.807) is 6.08 Å². The summed E-state index contributed by atoms with van der Waals surface area (Å²) in [5, 5.41) is 0. The van der Waals surface area contributed by atoms with Crippen molar-refractivity contribution >= 4 is 12.1 Å². The Morgan fingerprint density at radius 1 is 1.27 bits per heavy atom. The Labute approximate surface area is 132 Å². The summed E-state index contributed by atoms with van der Waals surface area (Å²) >= 11 is 0. The molecule has 1 aliphatic rings. The summed E-state index contributed by atoms with van der Waals surface area (Å²) in [6, 6.07) is 0. The van der Waals surface area contributed by atoms with Crippen molar-refractivity contribution in [2.24, 2.45) is 5.73 Å². The molecule has 126 valence electrons. The van der Waals surface area contributed by atoms with Gasteiger partial charge >= 0.3 is 12.1 Å². The molecule has 1 rings (SSSR count). The van der Waals surface area contributed by atoms with Gasteiger partial charge in [-0.3, -0.25) is 4.90 Å². The normalized spacial score (nSPS) is 22.7. The molecule has 1 amide bonds. The van der Waals surface area contributed by atoms with Gasteiger partial charge in [0.25, 0.3) is 0 Å². The van der Waals surface area contributed by atoms with Gasteiger partial charge in [-0.05, 0) is 46.5 Å². The molecule has 2 N–H and O–H groups in total. The first-order valence-corrected chi connectivity index (χ1v) is 7.71. The minimum atomic E-state index is -0.999. The Kier molecular flexibility index (Phi) is 6.41. The first-order valence-electron chi connectivity index (χ1n) is 7.71. The van der Waals surface area contributed by atoms with Crippen LogP contribution in [0.25, 0.3) is 0 Å². The van der Waals surface area contributed by atoms with Gasteiger partial charge in [-0.1, -0.05) is 12.2 Å². The van der Waals surface area contributed by atoms with Crippen molar-refractivity contribution in [1.29, 1.82) is 0 Å². The molecule has 22 heavy (non-hydrogen) atoms. The van der Waals surface area contributed by atoms with E-state index in [-0.39, 0.29) is 0 Å². The second-order valence-electron chi connectivity index (χ2n) is 6.52. The molecule has 0 aromatic carbocycles. The van der Waals surface area contributed by atoms with Gasteiger partial charge in [-0.25, -0.2) is 9.59 Å². The van der Waals surface area contributed by atoms with E-state index in [1.807, 2.05) is 26.8 Å². The lowest BCUT2D eigenvalue weighted by atomic mass is 9.83. The first kappa shape index (κ1) is 18.5. The van der Waals surface area contributed by atoms with Crippen LogP contribution in [0.3, 0.4) is 0 Å². The van der Waals surface area contributed by atoms with Gasteiger partial charge in [0, 0.05) is 13.1 Å². The number of nitrogens with zero attached hydrogens (tertiary/aromatic N) is 1. The molecular formula is C16H28N2O4. The highest BCUT2D eigenvalue weighted by atomic mass is 16.6. The van der Waals surface area contributed by atoms with Crippen molar-refractivity contribution in [3.05, 3.63) is 12.2 Å². The average Bonchev–Trinajstić information content (AvgIpc) is 2.45. The quantitative estimate of drug-likeness (QED) is 0.636. The van der Waals surface area contributed by atoms with Crippen LogP contribution in [0.4, 0.5) is 4.79 Å². The topological polar surface area (TPSA) is 81.9 Å². The molecule has 1 fully saturated rings. The van der Waals surface area contributed by atoms with E-state index in [0.717, 1.165) is 12.8 Å². The van der Waals surface area contributed by atoms with Crippen LogP contribution in [0.2, 0.25) is 0 Å². The molecule has 1 saturated heterocycles. The number of ether oxygens (including phenoxy) is 2. The number of carbonyl (C=O) groups excluding carboxylic acids is 2. The largest absolute Gasteiger partial charge is 0.467 e. The molecule has 1 heterocycles. The minimum absolute atomic E-state index is 0.385. The van der Waals surface area contributed by atoms with Crippen LogP contribution in [0.5, 0.6) is 0 Å². The number of amides is 1. The van der Waals surface area contributed by atoms with Gasteiger partial charge in [0.05, 0.1) is 7.11 Å². The molecule has 6 nitrogen and oxygen atoms in total. The number of carbonyl (C=O) groups is 2. The predicted octanol–water partition coefficient (Wildman–Crippen LogP) is 2.22. The number of esters is 1. The van der Waals surface area contributed by atoms with Gasteiger partial charge in [0.2, 0.25) is 0 Å². The zero-order valence-electron chi connectivity index (χ0n) is 14.1. The second kappa shape index (κ2) is 7.63. The lowest BCUT2D eigenvalue weighted by Gasteiger charge is -2.44. The predicted molar refractivity (Wildman–Crippen MR) is 84.3 cm³/mol. The van der Waals surface area contributed by atoms with E-state index >= 15 is 0 Å². The van der Waals surface area contributed by atoms with Crippen LogP contribution in [-0.4, -0.2) is 48.3 Å². The van der Waals surface area contributed by atoms with E-state index in [1.165, 1.54) is 12.0 Å². The molecule has 0 aromatic heterocycles. The third-order valence-corrected chi connectivity index (χ3v) is 3.68. The van der Waals surface area contributed by atoms with Gasteiger partial charge in [0.1, 0.15) is 11.1 Å². The standard InChI is InChI=1S/C16H28N2O4/c1-15(2,3)22-14(20)18-12-8-6-10-16(18,13(19)21-4)9-5-7-11-17/h5,7H,6,8-12,17H2,1-4H3/b7-5-. The lowest BCUT2D eigenvalue weighted by Crippen LogP contribution is -2.60. The number of nitrogens with two attached hydrogens (primary N) is 1. The van der Waals surface area contributed by atoms with Gasteiger partial charge in [-0.15, -0.1) is 0 Å².